The third-order valence-corrected chi connectivity index (χ3v) is 3.63. The van der Waals surface area contributed by atoms with Gasteiger partial charge in [-0.25, -0.2) is 9.97 Å². The molecule has 1 atom stereocenters. The maximum Gasteiger partial charge on any atom is 0.213 e. The number of hydrogen-bond acceptors (Lipinski definition) is 4. The highest BCUT2D eigenvalue weighted by Gasteiger charge is 2.25. The highest BCUT2D eigenvalue weighted by Crippen LogP contribution is 2.27. The lowest BCUT2D eigenvalue weighted by molar-refractivity contribution is 0.391. The molecule has 4 rings (SSSR count). The van der Waals surface area contributed by atoms with E-state index in [0.717, 1.165) is 35.5 Å². The molecule has 0 radical (unpaired) electrons. The van der Waals surface area contributed by atoms with Gasteiger partial charge in [0.1, 0.15) is 5.52 Å². The van der Waals surface area contributed by atoms with Crippen LogP contribution in [0.3, 0.4) is 0 Å². The van der Waals surface area contributed by atoms with E-state index in [0.29, 0.717) is 10.9 Å². The first-order valence-corrected chi connectivity index (χ1v) is 6.48. The molecule has 3 heterocycles. The van der Waals surface area contributed by atoms with Crippen molar-refractivity contribution < 1.29 is 4.42 Å². The molecule has 19 heavy (non-hydrogen) atoms. The second-order valence-corrected chi connectivity index (χ2v) is 5.07. The molecule has 2 aromatic heterocycles. The molecule has 0 amide bonds. The number of rotatable bonds is 1. The van der Waals surface area contributed by atoms with Crippen LogP contribution in [0.2, 0.25) is 5.02 Å². The lowest BCUT2D eigenvalue weighted by Crippen LogP contribution is -2.28. The molecule has 1 aliphatic heterocycles. The molecule has 0 bridgehead atoms. The van der Waals surface area contributed by atoms with E-state index in [1.807, 2.05) is 12.1 Å². The van der Waals surface area contributed by atoms with Crippen molar-refractivity contribution in [2.24, 2.45) is 0 Å². The minimum absolute atomic E-state index is 0.0574. The summed E-state index contributed by atoms with van der Waals surface area (Å²) in [6, 6.07) is 5.53. The maximum atomic E-state index is 5.95. The smallest absolute Gasteiger partial charge is 0.213 e. The lowest BCUT2D eigenvalue weighted by Gasteiger charge is -2.19. The van der Waals surface area contributed by atoms with Gasteiger partial charge in [-0.3, -0.25) is 5.32 Å². The molecule has 0 fully saturated rings. The third kappa shape index (κ3) is 1.82. The number of oxazole rings is 1. The second kappa shape index (κ2) is 4.08. The zero-order valence-electron chi connectivity index (χ0n) is 9.98. The van der Waals surface area contributed by atoms with Crippen molar-refractivity contribution >= 4 is 22.7 Å². The Hall–Kier alpha value is -1.85. The van der Waals surface area contributed by atoms with Crippen molar-refractivity contribution in [3.63, 3.8) is 0 Å². The number of imidazole rings is 1. The van der Waals surface area contributed by atoms with Crippen LogP contribution in [0, 0.1) is 0 Å². The summed E-state index contributed by atoms with van der Waals surface area (Å²) < 4.78 is 5.78. The van der Waals surface area contributed by atoms with Gasteiger partial charge in [-0.2, -0.15) is 0 Å². The summed E-state index contributed by atoms with van der Waals surface area (Å²) in [5.41, 5.74) is 3.76. The van der Waals surface area contributed by atoms with Crippen LogP contribution < -0.4 is 5.32 Å². The fourth-order valence-corrected chi connectivity index (χ4v) is 2.57. The Morgan fingerprint density at radius 3 is 3.26 bits per heavy atom. The minimum atomic E-state index is 0.0574. The van der Waals surface area contributed by atoms with Crippen molar-refractivity contribution in [2.75, 3.05) is 0 Å². The molecule has 3 aromatic rings. The van der Waals surface area contributed by atoms with Crippen molar-refractivity contribution in [2.45, 2.75) is 19.0 Å². The van der Waals surface area contributed by atoms with Crippen molar-refractivity contribution in [3.8, 4) is 0 Å². The molecule has 1 unspecified atom stereocenters. The van der Waals surface area contributed by atoms with E-state index in [-0.39, 0.29) is 6.04 Å². The van der Waals surface area contributed by atoms with Crippen LogP contribution >= 0.6 is 11.6 Å². The highest BCUT2D eigenvalue weighted by molar-refractivity contribution is 6.31. The SMILES string of the molecule is Clc1ccc2nc(C3Cc4nc[nH]c4CN3)oc2c1. The molecule has 0 saturated heterocycles. The zero-order valence-corrected chi connectivity index (χ0v) is 10.7. The summed E-state index contributed by atoms with van der Waals surface area (Å²) in [4.78, 5) is 11.9. The van der Waals surface area contributed by atoms with Gasteiger partial charge in [-0.05, 0) is 12.1 Å². The molecule has 6 heteroatoms. The molecule has 96 valence electrons. The first-order valence-electron chi connectivity index (χ1n) is 6.10. The van der Waals surface area contributed by atoms with E-state index in [9.17, 15) is 0 Å². The van der Waals surface area contributed by atoms with Gasteiger partial charge in [0.15, 0.2) is 5.58 Å². The first kappa shape index (κ1) is 11.0. The van der Waals surface area contributed by atoms with Crippen LogP contribution in [0.15, 0.2) is 28.9 Å². The summed E-state index contributed by atoms with van der Waals surface area (Å²) >= 11 is 5.95. The fraction of sp³-hybridized carbons (Fsp3) is 0.231. The summed E-state index contributed by atoms with van der Waals surface area (Å²) in [7, 11) is 0. The van der Waals surface area contributed by atoms with Gasteiger partial charge >= 0.3 is 0 Å². The van der Waals surface area contributed by atoms with Gasteiger partial charge in [0.25, 0.3) is 0 Å². The van der Waals surface area contributed by atoms with Gasteiger partial charge in [0, 0.05) is 24.1 Å². The highest BCUT2D eigenvalue weighted by atomic mass is 35.5. The van der Waals surface area contributed by atoms with Gasteiger partial charge in [-0.15, -0.1) is 0 Å². The summed E-state index contributed by atoms with van der Waals surface area (Å²) in [6.45, 7) is 0.749. The lowest BCUT2D eigenvalue weighted by atomic mass is 10.1. The normalized spacial score (nSPS) is 18.7. The molecular weight excluding hydrogens is 264 g/mol. The number of nitrogens with one attached hydrogen (secondary N) is 2. The second-order valence-electron chi connectivity index (χ2n) is 4.63. The average molecular weight is 275 g/mol. The molecule has 0 spiro atoms. The largest absolute Gasteiger partial charge is 0.439 e. The number of nitrogens with zero attached hydrogens (tertiary/aromatic N) is 2. The number of benzene rings is 1. The topological polar surface area (TPSA) is 66.7 Å². The van der Waals surface area contributed by atoms with Crippen LogP contribution in [-0.2, 0) is 13.0 Å². The number of halogens is 1. The summed E-state index contributed by atoms with van der Waals surface area (Å²) in [5, 5.41) is 4.05. The van der Waals surface area contributed by atoms with Crippen LogP contribution in [0.5, 0.6) is 0 Å². The van der Waals surface area contributed by atoms with Crippen LogP contribution in [0.4, 0.5) is 0 Å². The Bertz CT molecular complexity index is 748. The van der Waals surface area contributed by atoms with E-state index in [2.05, 4.69) is 20.3 Å². The van der Waals surface area contributed by atoms with Gasteiger partial charge in [0.05, 0.1) is 23.8 Å². The Balaban J connectivity index is 1.71. The summed E-state index contributed by atoms with van der Waals surface area (Å²) in [5.74, 6) is 0.686. The van der Waals surface area contributed by atoms with Crippen molar-refractivity contribution in [3.05, 3.63) is 46.8 Å². The minimum Gasteiger partial charge on any atom is -0.439 e. The third-order valence-electron chi connectivity index (χ3n) is 3.40. The quantitative estimate of drug-likeness (QED) is 0.716. The molecule has 1 aliphatic rings. The van der Waals surface area contributed by atoms with E-state index >= 15 is 0 Å². The Morgan fingerprint density at radius 1 is 1.37 bits per heavy atom. The Morgan fingerprint density at radius 2 is 2.32 bits per heavy atom. The molecule has 1 aromatic carbocycles. The number of aromatic nitrogens is 3. The van der Waals surface area contributed by atoms with Gasteiger partial charge < -0.3 is 9.40 Å². The molecule has 2 N–H and O–H groups in total. The molecule has 0 aliphatic carbocycles. The van der Waals surface area contributed by atoms with Crippen LogP contribution in [0.1, 0.15) is 23.3 Å². The number of H-pyrrole nitrogens is 1. The maximum absolute atomic E-state index is 5.95. The monoisotopic (exact) mass is 274 g/mol. The standard InChI is InChI=1S/C13H11ClN4O/c14-7-1-2-8-12(3-7)19-13(18-8)10-4-9-11(5-15-10)17-6-16-9/h1-3,6,10,15H,4-5H2,(H,16,17). The predicted octanol–water partition coefficient (Wildman–Crippen LogP) is 2.59. The van der Waals surface area contributed by atoms with Crippen molar-refractivity contribution in [1.29, 1.82) is 0 Å². The number of hydrogen-bond donors (Lipinski definition) is 2. The molecule has 5 nitrogen and oxygen atoms in total. The van der Waals surface area contributed by atoms with E-state index < -0.39 is 0 Å². The van der Waals surface area contributed by atoms with Crippen LogP contribution in [0.25, 0.3) is 11.1 Å². The Labute approximate surface area is 114 Å². The number of aromatic amines is 1. The zero-order chi connectivity index (χ0) is 12.8. The number of fused-ring (bicyclic) bond motifs is 2. The van der Waals surface area contributed by atoms with E-state index in [1.54, 1.807) is 12.4 Å². The van der Waals surface area contributed by atoms with Gasteiger partial charge in [0.2, 0.25) is 5.89 Å². The summed E-state index contributed by atoms with van der Waals surface area (Å²) in [6.07, 6.45) is 2.50. The fourth-order valence-electron chi connectivity index (χ4n) is 2.41. The van der Waals surface area contributed by atoms with E-state index in [1.165, 1.54) is 0 Å². The Kier molecular flexibility index (Phi) is 2.36. The molecule has 0 saturated carbocycles. The van der Waals surface area contributed by atoms with Gasteiger partial charge in [-0.1, -0.05) is 11.6 Å². The first-order chi connectivity index (χ1) is 9.29. The molecular formula is C13H11ClN4O. The van der Waals surface area contributed by atoms with E-state index in [4.69, 9.17) is 16.0 Å². The van der Waals surface area contributed by atoms with Crippen molar-refractivity contribution in [1.82, 2.24) is 20.3 Å². The van der Waals surface area contributed by atoms with Crippen LogP contribution in [-0.4, -0.2) is 15.0 Å². The predicted molar refractivity (Wildman–Crippen MR) is 70.9 cm³/mol. The average Bonchev–Trinajstić information content (AvgIpc) is 3.02.